The maximum absolute atomic E-state index is 4.90. The van der Waals surface area contributed by atoms with Gasteiger partial charge in [0.25, 0.3) is 0 Å². The molecule has 4 aromatic rings. The normalized spacial score (nSPS) is 27.3. The summed E-state index contributed by atoms with van der Waals surface area (Å²) in [5, 5.41) is 0. The number of hydrogen-bond acceptors (Lipinski definition) is 2. The number of nitrogens with zero attached hydrogens (tertiary/aromatic N) is 2. The maximum Gasteiger partial charge on any atom is 0.0695 e. The second kappa shape index (κ2) is 11.7. The third-order valence-electron chi connectivity index (χ3n) is 10.6. The van der Waals surface area contributed by atoms with E-state index in [0.717, 1.165) is 36.3 Å². The van der Waals surface area contributed by atoms with E-state index in [9.17, 15) is 0 Å². The van der Waals surface area contributed by atoms with Crippen LogP contribution >= 0.6 is 17.2 Å². The predicted octanol–water partition coefficient (Wildman–Crippen LogP) is 8.02. The highest BCUT2D eigenvalue weighted by atomic mass is 31.1. The van der Waals surface area contributed by atoms with Crippen LogP contribution < -0.4 is 10.9 Å². The molecule has 2 aromatic carbocycles. The molecule has 41 heavy (non-hydrogen) atoms. The van der Waals surface area contributed by atoms with Crippen LogP contribution in [-0.2, 0) is 18.0 Å². The first-order chi connectivity index (χ1) is 20.1. The van der Waals surface area contributed by atoms with Gasteiger partial charge in [0.1, 0.15) is 0 Å². The van der Waals surface area contributed by atoms with Gasteiger partial charge >= 0.3 is 0 Å². The zero-order valence-corrected chi connectivity index (χ0v) is 26.2. The van der Waals surface area contributed by atoms with Crippen molar-refractivity contribution >= 4 is 28.0 Å². The van der Waals surface area contributed by atoms with Crippen LogP contribution in [0.2, 0.25) is 0 Å². The molecule has 8 rings (SSSR count). The van der Waals surface area contributed by atoms with E-state index in [4.69, 9.17) is 9.97 Å². The molecule has 4 saturated carbocycles. The van der Waals surface area contributed by atoms with Crippen LogP contribution in [0, 0.1) is 23.7 Å². The van der Waals surface area contributed by atoms with Gasteiger partial charge in [-0.2, -0.15) is 0 Å². The van der Waals surface area contributed by atoms with Gasteiger partial charge in [-0.1, -0.05) is 67.6 Å². The Labute approximate surface area is 249 Å². The fraction of sp³-hybridized carbons (Fsp3) is 0.405. The minimum atomic E-state index is -0.710. The summed E-state index contributed by atoms with van der Waals surface area (Å²) in [6, 6.07) is 31.5. The molecule has 4 aliphatic rings. The van der Waals surface area contributed by atoms with Crippen LogP contribution in [0.25, 0.3) is 0 Å². The van der Waals surface area contributed by atoms with Crippen molar-refractivity contribution in [2.24, 2.45) is 23.7 Å². The standard InChI is InChI=1S/C37H42N2P2/c1-26(17-27-9-3-2-4-10-27)30-13-14-33(37-22-28-18-29(23-37)20-31(19-28)34(37)24-40)32(21-30)25-41(35-11-5-7-15-38-35)36-12-6-8-16-39-36/h2-16,21,26,28-29,31,34H,17-20,22-25,40H2,1H3. The highest BCUT2D eigenvalue weighted by molar-refractivity contribution is 7.71. The number of rotatable bonds is 9. The van der Waals surface area contributed by atoms with Crippen LogP contribution in [-0.4, -0.2) is 16.1 Å². The Hall–Kier alpha value is -2.40. The quantitative estimate of drug-likeness (QED) is 0.189. The summed E-state index contributed by atoms with van der Waals surface area (Å²) in [7, 11) is 2.46. The average molecular weight is 577 g/mol. The van der Waals surface area contributed by atoms with Gasteiger partial charge in [0, 0.05) is 26.5 Å². The average Bonchev–Trinajstić information content (AvgIpc) is 3.01. The molecule has 4 aliphatic carbocycles. The molecular formula is C37H42N2P2. The summed E-state index contributed by atoms with van der Waals surface area (Å²) >= 11 is 0. The Kier molecular flexibility index (Phi) is 7.83. The summed E-state index contributed by atoms with van der Waals surface area (Å²) in [5.74, 6) is 3.98. The molecule has 2 nitrogen and oxygen atoms in total. The summed E-state index contributed by atoms with van der Waals surface area (Å²) in [4.78, 5) is 9.81. The first-order valence-corrected chi connectivity index (χ1v) is 17.9. The Morgan fingerprint density at radius 2 is 1.49 bits per heavy atom. The molecule has 5 unspecified atom stereocenters. The third kappa shape index (κ3) is 5.32. The maximum atomic E-state index is 4.90. The fourth-order valence-electron chi connectivity index (χ4n) is 9.08. The summed E-state index contributed by atoms with van der Waals surface area (Å²) in [6.45, 7) is 2.41. The van der Waals surface area contributed by atoms with Crippen LogP contribution in [0.5, 0.6) is 0 Å². The molecule has 2 aromatic heterocycles. The van der Waals surface area contributed by atoms with Gasteiger partial charge in [0.05, 0.1) is 10.9 Å². The predicted molar refractivity (Wildman–Crippen MR) is 177 cm³/mol. The van der Waals surface area contributed by atoms with Gasteiger partial charge in [-0.25, -0.2) is 0 Å². The van der Waals surface area contributed by atoms with E-state index in [1.807, 2.05) is 24.5 Å². The van der Waals surface area contributed by atoms with Crippen molar-refractivity contribution in [3.05, 3.63) is 120 Å². The van der Waals surface area contributed by atoms with E-state index >= 15 is 0 Å². The van der Waals surface area contributed by atoms with E-state index < -0.39 is 7.92 Å². The molecule has 210 valence electrons. The minimum absolute atomic E-state index is 0.322. The summed E-state index contributed by atoms with van der Waals surface area (Å²) < 4.78 is 0. The largest absolute Gasteiger partial charge is 0.256 e. The number of aromatic nitrogens is 2. The van der Waals surface area contributed by atoms with Gasteiger partial charge in [0.15, 0.2) is 0 Å². The molecule has 0 saturated heterocycles. The van der Waals surface area contributed by atoms with Gasteiger partial charge in [-0.3, -0.25) is 9.97 Å². The molecule has 4 heteroatoms. The van der Waals surface area contributed by atoms with E-state index in [2.05, 4.69) is 89.0 Å². The van der Waals surface area contributed by atoms with Crippen LogP contribution in [0.4, 0.5) is 0 Å². The molecule has 0 amide bonds. The Morgan fingerprint density at radius 1 is 0.829 bits per heavy atom. The van der Waals surface area contributed by atoms with Crippen molar-refractivity contribution in [2.75, 3.05) is 6.16 Å². The first kappa shape index (κ1) is 27.4. The third-order valence-corrected chi connectivity index (χ3v) is 13.4. The van der Waals surface area contributed by atoms with Crippen molar-refractivity contribution in [3.8, 4) is 0 Å². The molecule has 0 spiro atoms. The first-order valence-electron chi connectivity index (χ1n) is 15.6. The lowest BCUT2D eigenvalue weighted by Crippen LogP contribution is -2.56. The van der Waals surface area contributed by atoms with E-state index in [0.29, 0.717) is 11.3 Å². The van der Waals surface area contributed by atoms with Gasteiger partial charge < -0.3 is 0 Å². The SMILES string of the molecule is CC(Cc1ccccc1)c1ccc(C23CC4CC(CC(C4)C2CP)C3)c(CP(c2ccccn2)c2ccccn2)c1. The lowest BCUT2D eigenvalue weighted by molar-refractivity contribution is -0.0520. The topological polar surface area (TPSA) is 25.8 Å². The molecule has 4 fully saturated rings. The van der Waals surface area contributed by atoms with Crippen molar-refractivity contribution in [2.45, 2.75) is 62.9 Å². The van der Waals surface area contributed by atoms with Crippen LogP contribution in [0.3, 0.4) is 0 Å². The molecule has 0 radical (unpaired) electrons. The second-order valence-electron chi connectivity index (χ2n) is 13.1. The van der Waals surface area contributed by atoms with Crippen molar-refractivity contribution in [3.63, 3.8) is 0 Å². The van der Waals surface area contributed by atoms with Crippen molar-refractivity contribution in [1.29, 1.82) is 0 Å². The highest BCUT2D eigenvalue weighted by Gasteiger charge is 2.57. The van der Waals surface area contributed by atoms with Crippen LogP contribution in [0.15, 0.2) is 97.3 Å². The van der Waals surface area contributed by atoms with Gasteiger partial charge in [-0.15, -0.1) is 9.24 Å². The minimum Gasteiger partial charge on any atom is -0.256 e. The van der Waals surface area contributed by atoms with Crippen molar-refractivity contribution in [1.82, 2.24) is 9.97 Å². The molecule has 2 heterocycles. The molecular weight excluding hydrogens is 534 g/mol. The van der Waals surface area contributed by atoms with Gasteiger partial charge in [0.2, 0.25) is 0 Å². The summed E-state index contributed by atoms with van der Waals surface area (Å²) in [6.07, 6.45) is 14.4. The Balaban J connectivity index is 1.33. The second-order valence-corrected chi connectivity index (χ2v) is 15.6. The van der Waals surface area contributed by atoms with E-state index in [-0.39, 0.29) is 0 Å². The highest BCUT2D eigenvalue weighted by Crippen LogP contribution is 2.64. The zero-order chi connectivity index (χ0) is 27.8. The van der Waals surface area contributed by atoms with Crippen LogP contribution in [0.1, 0.15) is 67.2 Å². The number of hydrogen-bond donors (Lipinski definition) is 0. The molecule has 4 bridgehead atoms. The Bertz CT molecular complexity index is 1410. The smallest absolute Gasteiger partial charge is 0.0695 e. The lowest BCUT2D eigenvalue weighted by Gasteiger charge is -2.62. The fourth-order valence-corrected chi connectivity index (χ4v) is 12.0. The van der Waals surface area contributed by atoms with E-state index in [1.165, 1.54) is 60.3 Å². The summed E-state index contributed by atoms with van der Waals surface area (Å²) in [5.41, 5.74) is 8.80. The lowest BCUT2D eigenvalue weighted by atomic mass is 9.43. The number of pyridine rings is 2. The van der Waals surface area contributed by atoms with Crippen molar-refractivity contribution < 1.29 is 0 Å². The van der Waals surface area contributed by atoms with Gasteiger partial charge in [-0.05, 0) is 126 Å². The molecule has 5 atom stereocenters. The molecule has 0 N–H and O–H groups in total. The number of benzene rings is 2. The zero-order valence-electron chi connectivity index (χ0n) is 24.2. The molecule has 0 aliphatic heterocycles. The monoisotopic (exact) mass is 576 g/mol. The van der Waals surface area contributed by atoms with E-state index in [1.54, 1.807) is 11.1 Å². The Morgan fingerprint density at radius 3 is 2.10 bits per heavy atom.